The Morgan fingerprint density at radius 1 is 1.29 bits per heavy atom. The van der Waals surface area contributed by atoms with Gasteiger partial charge in [0, 0.05) is 16.3 Å². The van der Waals surface area contributed by atoms with Crippen molar-refractivity contribution in [2.75, 3.05) is 11.9 Å². The van der Waals surface area contributed by atoms with Crippen LogP contribution in [-0.4, -0.2) is 20.3 Å². The average Bonchev–Trinajstić information content (AvgIpc) is 2.28. The Kier molecular flexibility index (Phi) is 6.12. The average molecular weight is 385 g/mol. The van der Waals surface area contributed by atoms with E-state index in [4.69, 9.17) is 0 Å². The lowest BCUT2D eigenvalue weighted by molar-refractivity contribution is 0.532. The van der Waals surface area contributed by atoms with Crippen molar-refractivity contribution in [2.24, 2.45) is 5.92 Å². The van der Waals surface area contributed by atoms with Gasteiger partial charge in [0.15, 0.2) is 0 Å². The van der Waals surface area contributed by atoms with Crippen LogP contribution in [0.3, 0.4) is 0 Å². The van der Waals surface area contributed by atoms with Gasteiger partial charge in [-0.2, -0.15) is 0 Å². The monoisotopic (exact) mass is 383 g/mol. The maximum atomic E-state index is 11.9. The molecule has 0 aliphatic heterocycles. The van der Waals surface area contributed by atoms with Crippen LogP contribution in [0.25, 0.3) is 0 Å². The van der Waals surface area contributed by atoms with Crippen LogP contribution >= 0.6 is 31.9 Å². The fraction of sp³-hybridized carbons (Fsp3) is 0.455. The van der Waals surface area contributed by atoms with E-state index >= 15 is 0 Å². The summed E-state index contributed by atoms with van der Waals surface area (Å²) in [6.45, 7) is 2.48. The van der Waals surface area contributed by atoms with Crippen molar-refractivity contribution in [3.8, 4) is 0 Å². The van der Waals surface area contributed by atoms with Gasteiger partial charge in [-0.05, 0) is 36.6 Å². The van der Waals surface area contributed by atoms with E-state index in [1.54, 1.807) is 24.3 Å². The molecule has 0 aliphatic carbocycles. The summed E-state index contributed by atoms with van der Waals surface area (Å²) in [5.74, 6) is 0.319. The molecule has 1 unspecified atom stereocenters. The molecule has 0 amide bonds. The molecule has 0 saturated carbocycles. The van der Waals surface area contributed by atoms with Crippen LogP contribution in [0, 0.1) is 5.92 Å². The smallest absolute Gasteiger partial charge is 0.211 e. The first-order valence-corrected chi connectivity index (χ1v) is 8.66. The highest BCUT2D eigenvalue weighted by Gasteiger charge is 2.14. The molecule has 17 heavy (non-hydrogen) atoms. The molecule has 0 aliphatic rings. The van der Waals surface area contributed by atoms with Gasteiger partial charge in [0.25, 0.3) is 0 Å². The zero-order chi connectivity index (χ0) is 12.9. The van der Waals surface area contributed by atoms with E-state index in [9.17, 15) is 8.42 Å². The Labute approximate surface area is 119 Å². The lowest BCUT2D eigenvalue weighted by Crippen LogP contribution is -2.28. The second kappa shape index (κ2) is 6.87. The largest absolute Gasteiger partial charge is 0.240 e. The van der Waals surface area contributed by atoms with Crippen LogP contribution in [0.1, 0.15) is 13.3 Å². The van der Waals surface area contributed by atoms with Crippen LogP contribution < -0.4 is 4.72 Å². The number of alkyl halides is 1. The molecule has 96 valence electrons. The molecule has 6 heteroatoms. The van der Waals surface area contributed by atoms with Gasteiger partial charge in [0.2, 0.25) is 10.0 Å². The van der Waals surface area contributed by atoms with Crippen molar-refractivity contribution in [2.45, 2.75) is 18.2 Å². The van der Waals surface area contributed by atoms with Gasteiger partial charge in [0.05, 0.1) is 4.90 Å². The maximum Gasteiger partial charge on any atom is 0.240 e. The third kappa shape index (κ3) is 5.07. The first-order valence-electron chi connectivity index (χ1n) is 5.27. The zero-order valence-electron chi connectivity index (χ0n) is 9.49. The summed E-state index contributed by atoms with van der Waals surface area (Å²) in [5.41, 5.74) is 0. The summed E-state index contributed by atoms with van der Waals surface area (Å²) in [4.78, 5) is 0.298. The van der Waals surface area contributed by atoms with E-state index in [2.05, 4.69) is 36.6 Å². The molecular weight excluding hydrogens is 370 g/mol. The Morgan fingerprint density at radius 3 is 2.41 bits per heavy atom. The van der Waals surface area contributed by atoms with E-state index in [-0.39, 0.29) is 0 Å². The second-order valence-electron chi connectivity index (χ2n) is 3.89. The molecule has 0 aromatic heterocycles. The number of hydrogen-bond donors (Lipinski definition) is 1. The molecule has 1 aromatic rings. The van der Waals surface area contributed by atoms with Crippen molar-refractivity contribution < 1.29 is 8.42 Å². The maximum absolute atomic E-state index is 11.9. The SMILES string of the molecule is CC(CCBr)CNS(=O)(=O)c1ccc(Br)cc1. The van der Waals surface area contributed by atoms with Crippen molar-refractivity contribution in [3.63, 3.8) is 0 Å². The number of rotatable bonds is 6. The lowest BCUT2D eigenvalue weighted by Gasteiger charge is -2.11. The van der Waals surface area contributed by atoms with Gasteiger partial charge in [-0.3, -0.25) is 0 Å². The number of halogens is 2. The van der Waals surface area contributed by atoms with Crippen molar-refractivity contribution in [3.05, 3.63) is 28.7 Å². The molecule has 1 N–H and O–H groups in total. The van der Waals surface area contributed by atoms with Crippen LogP contribution in [0.15, 0.2) is 33.6 Å². The fourth-order valence-corrected chi connectivity index (χ4v) is 3.45. The molecule has 3 nitrogen and oxygen atoms in total. The van der Waals surface area contributed by atoms with E-state index in [1.807, 2.05) is 6.92 Å². The van der Waals surface area contributed by atoms with Crippen molar-refractivity contribution in [1.29, 1.82) is 0 Å². The summed E-state index contributed by atoms with van der Waals surface area (Å²) < 4.78 is 27.3. The normalized spacial score (nSPS) is 13.6. The number of nitrogens with one attached hydrogen (secondary N) is 1. The van der Waals surface area contributed by atoms with E-state index < -0.39 is 10.0 Å². The Bertz CT molecular complexity index is 445. The van der Waals surface area contributed by atoms with Gasteiger partial charge >= 0.3 is 0 Å². The standard InChI is InChI=1S/C11H15Br2NO2S/c1-9(6-7-12)8-14-17(15,16)11-4-2-10(13)3-5-11/h2-5,9,14H,6-8H2,1H3. The Balaban J connectivity index is 2.66. The quantitative estimate of drug-likeness (QED) is 0.765. The van der Waals surface area contributed by atoms with E-state index in [0.29, 0.717) is 17.4 Å². The molecule has 1 rings (SSSR count). The summed E-state index contributed by atoms with van der Waals surface area (Å²) in [7, 11) is -3.38. The van der Waals surface area contributed by atoms with Crippen LogP contribution in [-0.2, 0) is 10.0 Å². The molecule has 0 radical (unpaired) electrons. The minimum absolute atomic E-state index is 0.298. The van der Waals surface area contributed by atoms with Crippen molar-refractivity contribution >= 4 is 41.9 Å². The van der Waals surface area contributed by atoms with Gasteiger partial charge in [-0.15, -0.1) is 0 Å². The van der Waals surface area contributed by atoms with Gasteiger partial charge in [-0.1, -0.05) is 38.8 Å². The molecule has 0 bridgehead atoms. The first kappa shape index (κ1) is 15.1. The lowest BCUT2D eigenvalue weighted by atomic mass is 10.1. The third-order valence-corrected chi connectivity index (χ3v) is 4.77. The topological polar surface area (TPSA) is 46.2 Å². The fourth-order valence-electron chi connectivity index (χ4n) is 1.24. The molecule has 0 saturated heterocycles. The molecule has 1 atom stereocenters. The Hall–Kier alpha value is 0.0900. The van der Waals surface area contributed by atoms with Gasteiger partial charge in [0.1, 0.15) is 0 Å². The second-order valence-corrected chi connectivity index (χ2v) is 7.36. The summed E-state index contributed by atoms with van der Waals surface area (Å²) in [6.07, 6.45) is 0.947. The first-order chi connectivity index (χ1) is 7.95. The molecule has 1 aromatic carbocycles. The molecular formula is C11H15Br2NO2S. The molecule has 0 heterocycles. The Morgan fingerprint density at radius 2 is 1.88 bits per heavy atom. The summed E-state index contributed by atoms with van der Waals surface area (Å²) >= 11 is 6.62. The summed E-state index contributed by atoms with van der Waals surface area (Å²) in [6, 6.07) is 6.61. The number of benzene rings is 1. The summed E-state index contributed by atoms with van der Waals surface area (Å²) in [5, 5.41) is 0.883. The van der Waals surface area contributed by atoms with Gasteiger partial charge < -0.3 is 0 Å². The van der Waals surface area contributed by atoms with Crippen LogP contribution in [0.2, 0.25) is 0 Å². The van der Waals surface area contributed by atoms with Crippen LogP contribution in [0.5, 0.6) is 0 Å². The predicted octanol–water partition coefficient (Wildman–Crippen LogP) is 3.15. The molecule has 0 fully saturated rings. The molecule has 0 spiro atoms. The van der Waals surface area contributed by atoms with E-state index in [0.717, 1.165) is 16.2 Å². The third-order valence-electron chi connectivity index (χ3n) is 2.35. The minimum Gasteiger partial charge on any atom is -0.211 e. The highest BCUT2D eigenvalue weighted by molar-refractivity contribution is 9.10. The highest BCUT2D eigenvalue weighted by Crippen LogP contribution is 2.14. The zero-order valence-corrected chi connectivity index (χ0v) is 13.5. The predicted molar refractivity (Wildman–Crippen MR) is 76.9 cm³/mol. The van der Waals surface area contributed by atoms with Crippen LogP contribution in [0.4, 0.5) is 0 Å². The van der Waals surface area contributed by atoms with E-state index in [1.165, 1.54) is 0 Å². The minimum atomic E-state index is -3.38. The number of sulfonamides is 1. The van der Waals surface area contributed by atoms with Crippen molar-refractivity contribution in [1.82, 2.24) is 4.72 Å². The highest BCUT2D eigenvalue weighted by atomic mass is 79.9. The number of hydrogen-bond acceptors (Lipinski definition) is 2. The van der Waals surface area contributed by atoms with Gasteiger partial charge in [-0.25, -0.2) is 13.1 Å².